The number of aliphatic hydroxyl groups is 1. The average Bonchev–Trinajstić information content (AvgIpc) is 3.26. The molecule has 4 rings (SSSR count). The summed E-state index contributed by atoms with van der Waals surface area (Å²) in [7, 11) is 0. The van der Waals surface area contributed by atoms with E-state index in [-0.39, 0.29) is 24.7 Å². The predicted molar refractivity (Wildman–Crippen MR) is 139 cm³/mol. The van der Waals surface area contributed by atoms with Crippen molar-refractivity contribution in [2.45, 2.75) is 45.8 Å². The number of imidazole rings is 1. The summed E-state index contributed by atoms with van der Waals surface area (Å²) < 4.78 is 7.67. The summed E-state index contributed by atoms with van der Waals surface area (Å²) in [6.45, 7) is 5.86. The van der Waals surface area contributed by atoms with Crippen LogP contribution in [-0.4, -0.2) is 39.2 Å². The topological polar surface area (TPSA) is 75.9 Å². The van der Waals surface area contributed by atoms with E-state index < -0.39 is 0 Å². The van der Waals surface area contributed by atoms with Crippen LogP contribution >= 0.6 is 11.6 Å². The van der Waals surface area contributed by atoms with Gasteiger partial charge in [0.2, 0.25) is 0 Å². The average molecular weight is 492 g/mol. The second-order valence-electron chi connectivity index (χ2n) is 8.94. The highest BCUT2D eigenvalue weighted by Crippen LogP contribution is 2.27. The minimum Gasteiger partial charge on any atom is -0.489 e. The van der Waals surface area contributed by atoms with Crippen molar-refractivity contribution in [2.75, 3.05) is 6.61 Å². The number of nitrogens with zero attached hydrogens (tertiary/aromatic N) is 2. The predicted octanol–water partition coefficient (Wildman–Crippen LogP) is 5.47. The van der Waals surface area contributed by atoms with Crippen LogP contribution in [0, 0.1) is 6.92 Å². The number of amides is 1. The zero-order valence-electron chi connectivity index (χ0n) is 20.2. The van der Waals surface area contributed by atoms with E-state index in [9.17, 15) is 9.90 Å². The second kappa shape index (κ2) is 10.9. The molecule has 182 valence electrons. The van der Waals surface area contributed by atoms with Crippen molar-refractivity contribution in [2.24, 2.45) is 0 Å². The third-order valence-electron chi connectivity index (χ3n) is 5.78. The summed E-state index contributed by atoms with van der Waals surface area (Å²) in [5, 5.41) is 13.0. The van der Waals surface area contributed by atoms with E-state index in [0.29, 0.717) is 29.2 Å². The van der Waals surface area contributed by atoms with Crippen LogP contribution in [0.1, 0.15) is 41.8 Å². The third-order valence-corrected chi connectivity index (χ3v) is 6.07. The molecule has 1 atom stereocenters. The maximum Gasteiger partial charge on any atom is 0.251 e. The van der Waals surface area contributed by atoms with E-state index in [0.717, 1.165) is 28.0 Å². The molecule has 2 N–H and O–H groups in total. The zero-order valence-corrected chi connectivity index (χ0v) is 20.9. The van der Waals surface area contributed by atoms with Crippen LogP contribution in [0.3, 0.4) is 0 Å². The molecule has 1 amide bonds. The van der Waals surface area contributed by atoms with E-state index in [1.54, 1.807) is 18.2 Å². The van der Waals surface area contributed by atoms with E-state index in [2.05, 4.69) is 5.32 Å². The smallest absolute Gasteiger partial charge is 0.251 e. The highest BCUT2D eigenvalue weighted by molar-refractivity contribution is 6.32. The minimum absolute atomic E-state index is 0.00989. The summed E-state index contributed by atoms with van der Waals surface area (Å²) in [5.41, 5.74) is 5.52. The standard InChI is InChI=1S/C28H30ClN3O3/c1-18(2)35-26-11-10-22(16-24(26)29)28(34)30-23(12-14-33)15-20-6-8-21(9-7-20)25-17-32-13-4-5-19(3)27(32)31-25/h4-11,13,16-18,23,33H,12,14-15H2,1-3H3,(H,30,34). The van der Waals surface area contributed by atoms with E-state index in [4.69, 9.17) is 21.3 Å². The van der Waals surface area contributed by atoms with Crippen LogP contribution < -0.4 is 10.1 Å². The Bertz CT molecular complexity index is 1320. The maximum atomic E-state index is 12.9. The van der Waals surface area contributed by atoms with E-state index >= 15 is 0 Å². The van der Waals surface area contributed by atoms with E-state index in [1.165, 1.54) is 0 Å². The number of aromatic nitrogens is 2. The Balaban J connectivity index is 1.44. The number of hydrogen-bond donors (Lipinski definition) is 2. The molecule has 0 saturated heterocycles. The first-order valence-corrected chi connectivity index (χ1v) is 12.1. The molecule has 0 aliphatic heterocycles. The molecular weight excluding hydrogens is 462 g/mol. The number of nitrogens with one attached hydrogen (secondary N) is 1. The van der Waals surface area contributed by atoms with Crippen LogP contribution in [-0.2, 0) is 6.42 Å². The number of halogens is 1. The molecule has 4 aromatic rings. The molecule has 0 fully saturated rings. The summed E-state index contributed by atoms with van der Waals surface area (Å²) >= 11 is 6.29. The highest BCUT2D eigenvalue weighted by Gasteiger charge is 2.16. The zero-order chi connectivity index (χ0) is 24.9. The monoisotopic (exact) mass is 491 g/mol. The molecular formula is C28H30ClN3O3. The van der Waals surface area contributed by atoms with Crippen LogP contribution in [0.15, 0.2) is 67.0 Å². The van der Waals surface area contributed by atoms with Gasteiger partial charge in [-0.05, 0) is 69.0 Å². The molecule has 1 unspecified atom stereocenters. The molecule has 2 aromatic heterocycles. The fraction of sp³-hybridized carbons (Fsp3) is 0.286. The van der Waals surface area contributed by atoms with Gasteiger partial charge in [0.15, 0.2) is 0 Å². The van der Waals surface area contributed by atoms with Crippen molar-refractivity contribution in [3.63, 3.8) is 0 Å². The van der Waals surface area contributed by atoms with Crippen molar-refractivity contribution in [3.05, 3.63) is 88.7 Å². The third kappa shape index (κ3) is 6.02. The number of fused-ring (bicyclic) bond motifs is 1. The maximum absolute atomic E-state index is 12.9. The Morgan fingerprint density at radius 1 is 1.17 bits per heavy atom. The molecule has 0 aliphatic carbocycles. The van der Waals surface area contributed by atoms with Gasteiger partial charge in [-0.15, -0.1) is 0 Å². The lowest BCUT2D eigenvalue weighted by Crippen LogP contribution is -2.37. The molecule has 7 heteroatoms. The van der Waals surface area contributed by atoms with Gasteiger partial charge in [-0.2, -0.15) is 0 Å². The highest BCUT2D eigenvalue weighted by atomic mass is 35.5. The minimum atomic E-state index is -0.238. The molecule has 6 nitrogen and oxygen atoms in total. The van der Waals surface area contributed by atoms with Crippen molar-refractivity contribution in [1.29, 1.82) is 0 Å². The molecule has 2 heterocycles. The van der Waals surface area contributed by atoms with Gasteiger partial charge in [-0.25, -0.2) is 4.98 Å². The first-order valence-electron chi connectivity index (χ1n) is 11.8. The number of carbonyl (C=O) groups is 1. The Morgan fingerprint density at radius 2 is 1.94 bits per heavy atom. The van der Waals surface area contributed by atoms with Gasteiger partial charge in [-0.3, -0.25) is 4.79 Å². The fourth-order valence-electron chi connectivity index (χ4n) is 4.03. The van der Waals surface area contributed by atoms with Gasteiger partial charge < -0.3 is 19.6 Å². The lowest BCUT2D eigenvalue weighted by atomic mass is 10.0. The largest absolute Gasteiger partial charge is 0.489 e. The number of benzene rings is 2. The van der Waals surface area contributed by atoms with Crippen LogP contribution in [0.2, 0.25) is 5.02 Å². The molecule has 2 aromatic carbocycles. The molecule has 0 saturated carbocycles. The van der Waals surface area contributed by atoms with Crippen molar-refractivity contribution >= 4 is 23.2 Å². The van der Waals surface area contributed by atoms with Crippen LogP contribution in [0.4, 0.5) is 0 Å². The fourth-order valence-corrected chi connectivity index (χ4v) is 4.26. The van der Waals surface area contributed by atoms with Gasteiger partial charge in [0, 0.05) is 36.2 Å². The van der Waals surface area contributed by atoms with Gasteiger partial charge >= 0.3 is 0 Å². The Morgan fingerprint density at radius 3 is 2.60 bits per heavy atom. The number of aryl methyl sites for hydroxylation is 1. The summed E-state index contributed by atoms with van der Waals surface area (Å²) in [6.07, 6.45) is 5.05. The summed E-state index contributed by atoms with van der Waals surface area (Å²) in [6, 6.07) is 17.0. The molecule has 0 aliphatic rings. The number of rotatable bonds is 9. The van der Waals surface area contributed by atoms with Gasteiger partial charge in [0.05, 0.1) is 16.8 Å². The lowest BCUT2D eigenvalue weighted by Gasteiger charge is -2.19. The Kier molecular flexibility index (Phi) is 7.73. The van der Waals surface area contributed by atoms with Gasteiger partial charge in [0.25, 0.3) is 5.91 Å². The first-order chi connectivity index (χ1) is 16.8. The van der Waals surface area contributed by atoms with Gasteiger partial charge in [0.1, 0.15) is 11.4 Å². The van der Waals surface area contributed by atoms with Crippen molar-refractivity contribution in [1.82, 2.24) is 14.7 Å². The quantitative estimate of drug-likeness (QED) is 0.325. The van der Waals surface area contributed by atoms with E-state index in [1.807, 2.05) is 74.0 Å². The van der Waals surface area contributed by atoms with Crippen molar-refractivity contribution < 1.29 is 14.6 Å². The molecule has 0 bridgehead atoms. The van der Waals surface area contributed by atoms with Crippen LogP contribution in [0.5, 0.6) is 5.75 Å². The van der Waals surface area contributed by atoms with Crippen molar-refractivity contribution in [3.8, 4) is 17.0 Å². The Labute approximate surface area is 210 Å². The first kappa shape index (κ1) is 24.8. The number of hydrogen-bond acceptors (Lipinski definition) is 4. The molecule has 0 spiro atoms. The number of ether oxygens (including phenoxy) is 1. The molecule has 35 heavy (non-hydrogen) atoms. The van der Waals surface area contributed by atoms with Gasteiger partial charge in [-0.1, -0.05) is 41.9 Å². The lowest BCUT2D eigenvalue weighted by molar-refractivity contribution is 0.0930. The normalized spacial score (nSPS) is 12.2. The number of aliphatic hydroxyl groups excluding tert-OH is 1. The number of carbonyl (C=O) groups excluding carboxylic acids is 1. The summed E-state index contributed by atoms with van der Waals surface area (Å²) in [4.78, 5) is 17.6. The molecule has 0 radical (unpaired) electrons. The van der Waals surface area contributed by atoms with Crippen LogP contribution in [0.25, 0.3) is 16.9 Å². The summed E-state index contributed by atoms with van der Waals surface area (Å²) in [5.74, 6) is 0.309. The SMILES string of the molecule is Cc1cccn2cc(-c3ccc(CC(CCO)NC(=O)c4ccc(OC(C)C)c(Cl)c4)cc3)nc12. The Hall–Kier alpha value is -3.35. The number of pyridine rings is 1. The second-order valence-corrected chi connectivity index (χ2v) is 9.35.